The van der Waals surface area contributed by atoms with Crippen molar-refractivity contribution in [3.63, 3.8) is 0 Å². The highest BCUT2D eigenvalue weighted by atomic mass is 35.5. The Hall–Kier alpha value is -2.60. The number of amides is 2. The second-order valence-electron chi connectivity index (χ2n) is 4.17. The van der Waals surface area contributed by atoms with Crippen LogP contribution in [0.15, 0.2) is 36.5 Å². The summed E-state index contributed by atoms with van der Waals surface area (Å²) in [5.41, 5.74) is 6.84. The number of halogens is 1. The summed E-state index contributed by atoms with van der Waals surface area (Å²) in [6.07, 6.45) is 1.31. The molecular weight excluding hydrogens is 292 g/mol. The van der Waals surface area contributed by atoms with Gasteiger partial charge in [-0.1, -0.05) is 23.7 Å². The van der Waals surface area contributed by atoms with Crippen LogP contribution >= 0.6 is 11.6 Å². The van der Waals surface area contributed by atoms with Gasteiger partial charge in [0.25, 0.3) is 11.8 Å². The van der Waals surface area contributed by atoms with Gasteiger partial charge >= 0.3 is 0 Å². The molecule has 0 aliphatic heterocycles. The number of aromatic nitrogens is 1. The summed E-state index contributed by atoms with van der Waals surface area (Å²) < 4.78 is 0. The molecule has 7 heteroatoms. The zero-order valence-electron chi connectivity index (χ0n) is 11.2. The third-order valence-electron chi connectivity index (χ3n) is 2.79. The summed E-state index contributed by atoms with van der Waals surface area (Å²) in [5, 5.41) is 5.31. The van der Waals surface area contributed by atoms with E-state index < -0.39 is 5.91 Å². The first-order valence-electron chi connectivity index (χ1n) is 6.06. The van der Waals surface area contributed by atoms with E-state index in [0.29, 0.717) is 11.3 Å². The highest BCUT2D eigenvalue weighted by molar-refractivity contribution is 6.30. The van der Waals surface area contributed by atoms with Crippen LogP contribution in [0.5, 0.6) is 0 Å². The Morgan fingerprint density at radius 2 is 1.90 bits per heavy atom. The molecule has 1 heterocycles. The molecule has 0 radical (unpaired) electrons. The van der Waals surface area contributed by atoms with Gasteiger partial charge in [0, 0.05) is 7.05 Å². The van der Waals surface area contributed by atoms with Crippen molar-refractivity contribution < 1.29 is 9.59 Å². The monoisotopic (exact) mass is 304 g/mol. The number of nitrogen functional groups attached to an aromatic ring is 1. The molecular formula is C14H13ClN4O2. The molecule has 0 spiro atoms. The van der Waals surface area contributed by atoms with Gasteiger partial charge in [-0.05, 0) is 18.2 Å². The van der Waals surface area contributed by atoms with Gasteiger partial charge in [0.15, 0.2) is 0 Å². The molecule has 0 saturated heterocycles. The van der Waals surface area contributed by atoms with Crippen molar-refractivity contribution in [3.8, 4) is 0 Å². The van der Waals surface area contributed by atoms with Crippen LogP contribution in [-0.2, 0) is 0 Å². The summed E-state index contributed by atoms with van der Waals surface area (Å²) in [5.74, 6) is -0.764. The largest absolute Gasteiger partial charge is 0.397 e. The predicted molar refractivity (Wildman–Crippen MR) is 81.4 cm³/mol. The van der Waals surface area contributed by atoms with Crippen LogP contribution in [0.4, 0.5) is 11.4 Å². The molecule has 1 aromatic carbocycles. The molecule has 1 aromatic heterocycles. The van der Waals surface area contributed by atoms with Crippen molar-refractivity contribution >= 4 is 34.8 Å². The van der Waals surface area contributed by atoms with Crippen LogP contribution in [0.1, 0.15) is 20.7 Å². The molecule has 0 atom stereocenters. The second kappa shape index (κ2) is 6.23. The van der Waals surface area contributed by atoms with Gasteiger partial charge in [0.1, 0.15) is 5.15 Å². The summed E-state index contributed by atoms with van der Waals surface area (Å²) >= 11 is 5.76. The fraction of sp³-hybridized carbons (Fsp3) is 0.0714. The minimum absolute atomic E-state index is 0.161. The third-order valence-corrected chi connectivity index (χ3v) is 3.00. The van der Waals surface area contributed by atoms with Crippen LogP contribution in [0.3, 0.4) is 0 Å². The van der Waals surface area contributed by atoms with Crippen LogP contribution in [0, 0.1) is 0 Å². The number of pyridine rings is 1. The number of benzene rings is 1. The fourth-order valence-electron chi connectivity index (χ4n) is 1.75. The number of nitrogens with zero attached hydrogens (tertiary/aromatic N) is 1. The zero-order chi connectivity index (χ0) is 15.4. The molecule has 21 heavy (non-hydrogen) atoms. The van der Waals surface area contributed by atoms with Crippen molar-refractivity contribution in [1.82, 2.24) is 10.3 Å². The predicted octanol–water partition coefficient (Wildman–Crippen LogP) is 1.93. The SMILES string of the molecule is CNC(=O)c1ccccc1NC(=O)c1cc(Cl)ncc1N. The average Bonchev–Trinajstić information content (AvgIpc) is 2.49. The first kappa shape index (κ1) is 14.8. The minimum atomic E-state index is -0.465. The number of anilines is 2. The first-order chi connectivity index (χ1) is 10.0. The van der Waals surface area contributed by atoms with E-state index in [1.54, 1.807) is 24.3 Å². The van der Waals surface area contributed by atoms with Crippen molar-refractivity contribution in [3.05, 3.63) is 52.8 Å². The van der Waals surface area contributed by atoms with E-state index in [1.165, 1.54) is 19.3 Å². The number of hydrogen-bond acceptors (Lipinski definition) is 4. The molecule has 108 valence electrons. The second-order valence-corrected chi connectivity index (χ2v) is 4.56. The minimum Gasteiger partial charge on any atom is -0.397 e. The van der Waals surface area contributed by atoms with E-state index in [1.807, 2.05) is 0 Å². The van der Waals surface area contributed by atoms with Gasteiger partial charge in [0.05, 0.1) is 28.7 Å². The lowest BCUT2D eigenvalue weighted by atomic mass is 10.1. The van der Waals surface area contributed by atoms with Gasteiger partial charge in [-0.25, -0.2) is 4.98 Å². The number of rotatable bonds is 3. The third kappa shape index (κ3) is 3.29. The molecule has 2 rings (SSSR count). The van der Waals surface area contributed by atoms with E-state index in [0.717, 1.165) is 0 Å². The Kier molecular flexibility index (Phi) is 4.39. The quantitative estimate of drug-likeness (QED) is 0.755. The van der Waals surface area contributed by atoms with E-state index in [-0.39, 0.29) is 22.3 Å². The van der Waals surface area contributed by atoms with Gasteiger partial charge in [-0.3, -0.25) is 9.59 Å². The van der Waals surface area contributed by atoms with E-state index in [9.17, 15) is 9.59 Å². The highest BCUT2D eigenvalue weighted by Gasteiger charge is 2.15. The molecule has 6 nitrogen and oxygen atoms in total. The Bertz CT molecular complexity index is 703. The highest BCUT2D eigenvalue weighted by Crippen LogP contribution is 2.19. The van der Waals surface area contributed by atoms with Gasteiger partial charge < -0.3 is 16.4 Å². The van der Waals surface area contributed by atoms with E-state index in [2.05, 4.69) is 15.6 Å². The molecule has 4 N–H and O–H groups in total. The molecule has 0 saturated carbocycles. The number of carbonyl (C=O) groups excluding carboxylic acids is 2. The zero-order valence-corrected chi connectivity index (χ0v) is 11.9. The first-order valence-corrected chi connectivity index (χ1v) is 6.44. The molecule has 2 amide bonds. The Balaban J connectivity index is 2.32. The standard InChI is InChI=1S/C14H13ClN4O2/c1-17-13(20)8-4-2-3-5-11(8)19-14(21)9-6-12(15)18-7-10(9)16/h2-7H,16H2,1H3,(H,17,20)(H,19,21). The van der Waals surface area contributed by atoms with Crippen LogP contribution < -0.4 is 16.4 Å². The lowest BCUT2D eigenvalue weighted by molar-refractivity contribution is 0.0964. The van der Waals surface area contributed by atoms with Gasteiger partial charge in [0.2, 0.25) is 0 Å². The molecule has 0 aliphatic carbocycles. The molecule has 0 fully saturated rings. The van der Waals surface area contributed by atoms with E-state index in [4.69, 9.17) is 17.3 Å². The smallest absolute Gasteiger partial charge is 0.257 e. The Labute approximate surface area is 126 Å². The summed E-state index contributed by atoms with van der Waals surface area (Å²) in [6.45, 7) is 0. The fourth-order valence-corrected chi connectivity index (χ4v) is 1.91. The van der Waals surface area contributed by atoms with Crippen molar-refractivity contribution in [1.29, 1.82) is 0 Å². The number of nitrogens with two attached hydrogens (primary N) is 1. The van der Waals surface area contributed by atoms with Crippen LogP contribution in [-0.4, -0.2) is 23.8 Å². The van der Waals surface area contributed by atoms with Crippen molar-refractivity contribution in [2.24, 2.45) is 0 Å². The normalized spacial score (nSPS) is 10.0. The molecule has 0 bridgehead atoms. The average molecular weight is 305 g/mol. The molecule has 0 unspecified atom stereocenters. The number of para-hydroxylation sites is 1. The van der Waals surface area contributed by atoms with E-state index >= 15 is 0 Å². The lowest BCUT2D eigenvalue weighted by Gasteiger charge is -2.11. The maximum Gasteiger partial charge on any atom is 0.257 e. The maximum absolute atomic E-state index is 12.2. The van der Waals surface area contributed by atoms with Gasteiger partial charge in [-0.15, -0.1) is 0 Å². The summed E-state index contributed by atoms with van der Waals surface area (Å²) in [6, 6.07) is 8.02. The van der Waals surface area contributed by atoms with Gasteiger partial charge in [-0.2, -0.15) is 0 Å². The maximum atomic E-state index is 12.2. The number of hydrogen-bond donors (Lipinski definition) is 3. The number of nitrogens with one attached hydrogen (secondary N) is 2. The molecule has 0 aliphatic rings. The topological polar surface area (TPSA) is 97.1 Å². The Morgan fingerprint density at radius 1 is 1.19 bits per heavy atom. The lowest BCUT2D eigenvalue weighted by Crippen LogP contribution is -2.22. The molecule has 2 aromatic rings. The summed E-state index contributed by atoms with van der Waals surface area (Å²) in [7, 11) is 1.52. The van der Waals surface area contributed by atoms with Crippen molar-refractivity contribution in [2.75, 3.05) is 18.1 Å². The van der Waals surface area contributed by atoms with Crippen LogP contribution in [0.2, 0.25) is 5.15 Å². The van der Waals surface area contributed by atoms with Crippen molar-refractivity contribution in [2.45, 2.75) is 0 Å². The van der Waals surface area contributed by atoms with Crippen LogP contribution in [0.25, 0.3) is 0 Å². The number of carbonyl (C=O) groups is 2. The summed E-state index contributed by atoms with van der Waals surface area (Å²) in [4.78, 5) is 27.8. The Morgan fingerprint density at radius 3 is 2.62 bits per heavy atom.